The molecule has 0 fully saturated rings. The summed E-state index contributed by atoms with van der Waals surface area (Å²) in [4.78, 5) is 15.3. The van der Waals surface area contributed by atoms with E-state index in [1.54, 1.807) is 19.9 Å². The number of hydrogen-bond acceptors (Lipinski definition) is 12. The fourth-order valence-electron chi connectivity index (χ4n) is 5.41. The maximum absolute atomic E-state index is 15.5. The molecule has 57 heavy (non-hydrogen) atoms. The standard InChI is InChI=1S/C40H41F3IN6O7/c1-22(2)55-35-17-25(10-14-30(35)40(51)57-29-20-31(41)38(32(42)21-29)24-8-11-27(12-9-24)50(53)44-52)45-48-39-33(43)16-26(18-37(39)54-7)46-47-34-15-13-28(49(5)6)19-36(34)56-23(3)4/h8-23,45-48H,1-7H3/q-1. The molecule has 17 heteroatoms. The van der Waals surface area contributed by atoms with Gasteiger partial charge in [-0.15, -0.1) is 0 Å². The van der Waals surface area contributed by atoms with Crippen molar-refractivity contribution in [1.29, 1.82) is 0 Å². The maximum atomic E-state index is 15.5. The second-order valence-corrected chi connectivity index (χ2v) is 14.4. The van der Waals surface area contributed by atoms with Gasteiger partial charge in [-0.05, 0) is 69.7 Å². The number of hydrogen-bond donors (Lipinski definition) is 4. The van der Waals surface area contributed by atoms with Crippen molar-refractivity contribution >= 4 is 61.6 Å². The van der Waals surface area contributed by atoms with E-state index in [1.165, 1.54) is 55.6 Å². The van der Waals surface area contributed by atoms with Crippen LogP contribution in [0.1, 0.15) is 38.1 Å². The number of esters is 1. The van der Waals surface area contributed by atoms with Crippen molar-refractivity contribution in [3.63, 3.8) is 0 Å². The van der Waals surface area contributed by atoms with Gasteiger partial charge in [0, 0.05) is 61.9 Å². The molecule has 0 amide bonds. The van der Waals surface area contributed by atoms with Gasteiger partial charge in [0.05, 0.1) is 41.9 Å². The molecule has 302 valence electrons. The molecule has 0 heterocycles. The lowest BCUT2D eigenvalue weighted by Gasteiger charge is -2.21. The van der Waals surface area contributed by atoms with Crippen LogP contribution in [0.5, 0.6) is 23.0 Å². The van der Waals surface area contributed by atoms with Gasteiger partial charge in [-0.25, -0.2) is 21.0 Å². The number of nitrogens with zero attached hydrogens (tertiary/aromatic N) is 2. The lowest BCUT2D eigenvalue weighted by Crippen LogP contribution is -2.16. The topological polar surface area (TPSA) is 149 Å². The maximum Gasteiger partial charge on any atom is 0.347 e. The van der Waals surface area contributed by atoms with Gasteiger partial charge in [0.25, 0.3) is 21.5 Å². The highest BCUT2D eigenvalue weighted by molar-refractivity contribution is 14.1. The van der Waals surface area contributed by atoms with Crippen molar-refractivity contribution in [2.24, 2.45) is 0 Å². The molecule has 0 spiro atoms. The number of carbonyl (C=O) groups excluding carboxylic acids is 1. The lowest BCUT2D eigenvalue weighted by atomic mass is 10.0. The summed E-state index contributed by atoms with van der Waals surface area (Å²) in [6, 6.07) is 19.8. The van der Waals surface area contributed by atoms with E-state index in [0.29, 0.717) is 26.1 Å². The summed E-state index contributed by atoms with van der Waals surface area (Å²) in [5.74, 6) is -3.23. The van der Waals surface area contributed by atoms with E-state index in [9.17, 15) is 13.1 Å². The SMILES string of the molecule is COc1cc(NNc2ccc(N(C)C)cc2OC(C)C)cc(F)c1NNc1ccc(C(=O)Oc2cc(F)c(-c3ccc(N([O-])I=O)cc3)c(F)c2)c(OC(C)C)c1. The van der Waals surface area contributed by atoms with Gasteiger partial charge in [0.15, 0.2) is 5.82 Å². The second kappa shape index (κ2) is 18.8. The van der Waals surface area contributed by atoms with Gasteiger partial charge in [0.1, 0.15) is 45.9 Å². The van der Waals surface area contributed by atoms with Crippen molar-refractivity contribution in [3.05, 3.63) is 113 Å². The van der Waals surface area contributed by atoms with Gasteiger partial charge in [-0.2, -0.15) is 0 Å². The molecule has 0 unspecified atom stereocenters. The molecule has 4 N–H and O–H groups in total. The highest BCUT2D eigenvalue weighted by Crippen LogP contribution is 2.36. The minimum absolute atomic E-state index is 0.0170. The van der Waals surface area contributed by atoms with Crippen LogP contribution in [0.2, 0.25) is 0 Å². The smallest absolute Gasteiger partial charge is 0.347 e. The zero-order valence-electron chi connectivity index (χ0n) is 32.0. The summed E-state index contributed by atoms with van der Waals surface area (Å²) in [5, 5.41) is 11.6. The van der Waals surface area contributed by atoms with E-state index in [-0.39, 0.29) is 40.1 Å². The number of hydrazine groups is 2. The van der Waals surface area contributed by atoms with Crippen LogP contribution in [0.15, 0.2) is 84.9 Å². The largest absolute Gasteiger partial charge is 0.748 e. The molecule has 0 aliphatic heterocycles. The Morgan fingerprint density at radius 3 is 1.93 bits per heavy atom. The molecular weight excluding hydrogens is 860 g/mol. The summed E-state index contributed by atoms with van der Waals surface area (Å²) in [5.41, 5.74) is 13.8. The Hall–Kier alpha value is -5.95. The van der Waals surface area contributed by atoms with Gasteiger partial charge < -0.3 is 43.2 Å². The zero-order valence-corrected chi connectivity index (χ0v) is 34.2. The first-order valence-corrected chi connectivity index (χ1v) is 19.3. The number of nitrogens with one attached hydrogen (secondary N) is 4. The highest BCUT2D eigenvalue weighted by atomic mass is 127. The van der Waals surface area contributed by atoms with E-state index in [0.717, 1.165) is 17.8 Å². The Bertz CT molecular complexity index is 2200. The Morgan fingerprint density at radius 1 is 0.702 bits per heavy atom. The molecule has 0 radical (unpaired) electrons. The fourth-order valence-corrected chi connectivity index (χ4v) is 5.95. The van der Waals surface area contributed by atoms with Crippen LogP contribution in [0.4, 0.5) is 47.3 Å². The number of anilines is 6. The van der Waals surface area contributed by atoms with Gasteiger partial charge in [-0.3, -0.25) is 10.9 Å². The Labute approximate surface area is 338 Å². The van der Waals surface area contributed by atoms with Gasteiger partial charge >= 0.3 is 5.97 Å². The number of methoxy groups -OCH3 is 1. The Morgan fingerprint density at radius 2 is 1.32 bits per heavy atom. The number of halogens is 4. The molecule has 0 aliphatic carbocycles. The summed E-state index contributed by atoms with van der Waals surface area (Å²) in [7, 11) is 5.25. The predicted octanol–water partition coefficient (Wildman–Crippen LogP) is 10.1. The quantitative estimate of drug-likeness (QED) is 0.0231. The molecule has 0 saturated heterocycles. The molecular formula is C40H41F3IN6O7-. The molecule has 5 aromatic carbocycles. The molecule has 0 aliphatic rings. The van der Waals surface area contributed by atoms with Crippen molar-refractivity contribution in [1.82, 2.24) is 0 Å². The highest BCUT2D eigenvalue weighted by Gasteiger charge is 2.21. The average molecular weight is 902 g/mol. The summed E-state index contributed by atoms with van der Waals surface area (Å²) < 4.78 is 79.8. The van der Waals surface area contributed by atoms with Crippen LogP contribution in [-0.2, 0) is 3.07 Å². The Kier molecular flexibility index (Phi) is 13.9. The van der Waals surface area contributed by atoms with Gasteiger partial charge in [-0.1, -0.05) is 12.1 Å². The van der Waals surface area contributed by atoms with Crippen LogP contribution in [-0.4, -0.2) is 39.4 Å². The third kappa shape index (κ3) is 10.7. The van der Waals surface area contributed by atoms with Crippen LogP contribution in [0.25, 0.3) is 11.1 Å². The molecule has 0 bridgehead atoms. The van der Waals surface area contributed by atoms with Crippen LogP contribution < -0.4 is 48.8 Å². The molecule has 0 atom stereocenters. The predicted molar refractivity (Wildman–Crippen MR) is 223 cm³/mol. The number of ether oxygens (including phenoxy) is 4. The van der Waals surface area contributed by atoms with E-state index in [2.05, 4.69) is 21.7 Å². The van der Waals surface area contributed by atoms with E-state index >= 15 is 13.2 Å². The molecule has 5 aromatic rings. The van der Waals surface area contributed by atoms with E-state index < -0.39 is 62.3 Å². The van der Waals surface area contributed by atoms with E-state index in [4.69, 9.17) is 18.9 Å². The number of rotatable bonds is 17. The molecule has 0 saturated carbocycles. The summed E-state index contributed by atoms with van der Waals surface area (Å²) >= 11 is -1.99. The molecule has 0 aromatic heterocycles. The fraction of sp³-hybridized carbons (Fsp3) is 0.225. The average Bonchev–Trinajstić information content (AvgIpc) is 3.15. The third-order valence-electron chi connectivity index (χ3n) is 8.00. The lowest BCUT2D eigenvalue weighted by molar-refractivity contribution is 0.0727. The molecule has 5 rings (SSSR count). The van der Waals surface area contributed by atoms with Crippen LogP contribution in [0.3, 0.4) is 0 Å². The molecule has 13 nitrogen and oxygen atoms in total. The van der Waals surface area contributed by atoms with Crippen molar-refractivity contribution in [2.45, 2.75) is 39.9 Å². The van der Waals surface area contributed by atoms with Crippen molar-refractivity contribution in [3.8, 4) is 34.1 Å². The van der Waals surface area contributed by atoms with Crippen molar-refractivity contribution < 1.29 is 40.0 Å². The summed E-state index contributed by atoms with van der Waals surface area (Å²) in [6.45, 7) is 7.32. The second-order valence-electron chi connectivity index (χ2n) is 13.2. The summed E-state index contributed by atoms with van der Waals surface area (Å²) in [6.07, 6.45) is -0.476. The monoisotopic (exact) mass is 901 g/mol. The minimum atomic E-state index is -1.99. The van der Waals surface area contributed by atoms with Crippen LogP contribution in [0, 0.1) is 22.7 Å². The zero-order chi connectivity index (χ0) is 41.4. The number of carbonyl (C=O) groups is 1. The normalized spacial score (nSPS) is 10.9. The third-order valence-corrected chi connectivity index (χ3v) is 8.92. The van der Waals surface area contributed by atoms with Crippen LogP contribution >= 0.6 is 21.5 Å². The minimum Gasteiger partial charge on any atom is -0.748 e. The van der Waals surface area contributed by atoms with Gasteiger partial charge in [0.2, 0.25) is 0 Å². The van der Waals surface area contributed by atoms with E-state index in [1.807, 2.05) is 51.0 Å². The Balaban J connectivity index is 1.30. The van der Waals surface area contributed by atoms with Crippen molar-refractivity contribution in [2.75, 3.05) is 51.1 Å². The first kappa shape index (κ1) is 42.2. The first-order valence-electron chi connectivity index (χ1n) is 17.4. The number of benzene rings is 5. The first-order chi connectivity index (χ1) is 27.2.